The SMILES string of the molecule is O=C(CNC(=O)C1c2ccccc2C(=O)N1C1CC1)Nc1nnc(-c2ccsc2)s1. The van der Waals surface area contributed by atoms with Crippen molar-refractivity contribution in [2.45, 2.75) is 24.9 Å². The number of nitrogens with one attached hydrogen (secondary N) is 2. The van der Waals surface area contributed by atoms with Gasteiger partial charge in [0.05, 0.1) is 6.54 Å². The van der Waals surface area contributed by atoms with Crippen LogP contribution in [0.5, 0.6) is 0 Å². The van der Waals surface area contributed by atoms with E-state index in [2.05, 4.69) is 20.8 Å². The number of nitrogens with zero attached hydrogens (tertiary/aromatic N) is 3. The summed E-state index contributed by atoms with van der Waals surface area (Å²) in [7, 11) is 0. The Labute approximate surface area is 179 Å². The summed E-state index contributed by atoms with van der Waals surface area (Å²) in [4.78, 5) is 39.6. The molecule has 152 valence electrons. The topological polar surface area (TPSA) is 104 Å². The van der Waals surface area contributed by atoms with Crippen LogP contribution in [0.15, 0.2) is 41.1 Å². The second-order valence-corrected chi connectivity index (χ2v) is 8.88. The number of carbonyl (C=O) groups is 3. The molecule has 10 heteroatoms. The zero-order chi connectivity index (χ0) is 20.7. The van der Waals surface area contributed by atoms with E-state index in [1.165, 1.54) is 11.3 Å². The lowest BCUT2D eigenvalue weighted by Crippen LogP contribution is -2.42. The number of benzene rings is 1. The third-order valence-electron chi connectivity index (χ3n) is 5.05. The van der Waals surface area contributed by atoms with Crippen molar-refractivity contribution in [3.63, 3.8) is 0 Å². The molecule has 1 aliphatic carbocycles. The summed E-state index contributed by atoms with van der Waals surface area (Å²) in [6, 6.07) is 8.48. The molecule has 1 aromatic carbocycles. The Morgan fingerprint density at radius 1 is 1.17 bits per heavy atom. The molecule has 1 fully saturated rings. The fraction of sp³-hybridized carbons (Fsp3) is 0.250. The largest absolute Gasteiger partial charge is 0.345 e. The van der Waals surface area contributed by atoms with Gasteiger partial charge in [-0.2, -0.15) is 11.3 Å². The molecule has 1 atom stereocenters. The molecule has 2 aromatic heterocycles. The van der Waals surface area contributed by atoms with Crippen LogP contribution in [0.3, 0.4) is 0 Å². The van der Waals surface area contributed by atoms with Gasteiger partial charge in [-0.05, 0) is 35.9 Å². The van der Waals surface area contributed by atoms with Crippen LogP contribution in [0, 0.1) is 0 Å². The molecule has 3 aromatic rings. The number of amides is 3. The molecule has 1 saturated carbocycles. The molecule has 3 amide bonds. The van der Waals surface area contributed by atoms with Crippen LogP contribution in [0.25, 0.3) is 10.6 Å². The van der Waals surface area contributed by atoms with Gasteiger partial charge >= 0.3 is 0 Å². The number of thiophene rings is 1. The Hall–Kier alpha value is -3.11. The maximum atomic E-state index is 12.9. The summed E-state index contributed by atoms with van der Waals surface area (Å²) in [5, 5.41) is 18.4. The lowest BCUT2D eigenvalue weighted by Gasteiger charge is -2.24. The summed E-state index contributed by atoms with van der Waals surface area (Å²) in [6.07, 6.45) is 1.79. The molecule has 3 heterocycles. The first-order valence-corrected chi connectivity index (χ1v) is 11.2. The number of fused-ring (bicyclic) bond motifs is 1. The van der Waals surface area contributed by atoms with E-state index in [-0.39, 0.29) is 24.4 Å². The van der Waals surface area contributed by atoms with E-state index in [1.54, 1.807) is 34.4 Å². The van der Waals surface area contributed by atoms with Gasteiger partial charge in [-0.25, -0.2) is 0 Å². The second-order valence-electron chi connectivity index (χ2n) is 7.12. The third kappa shape index (κ3) is 3.48. The van der Waals surface area contributed by atoms with Crippen LogP contribution < -0.4 is 10.6 Å². The fourth-order valence-corrected chi connectivity index (χ4v) is 5.01. The van der Waals surface area contributed by atoms with E-state index >= 15 is 0 Å². The van der Waals surface area contributed by atoms with Crippen molar-refractivity contribution in [2.24, 2.45) is 0 Å². The first kappa shape index (κ1) is 18.9. The van der Waals surface area contributed by atoms with Crippen LogP contribution in [0.2, 0.25) is 0 Å². The van der Waals surface area contributed by atoms with Crippen LogP contribution in [-0.2, 0) is 9.59 Å². The van der Waals surface area contributed by atoms with Crippen molar-refractivity contribution in [1.82, 2.24) is 20.4 Å². The minimum absolute atomic E-state index is 0.0893. The standard InChI is InChI=1S/C20H17N5O3S2/c26-15(22-20-24-23-18(30-20)11-7-8-29-10-11)9-21-17(27)16-13-3-1-2-4-14(13)19(28)25(16)12-5-6-12/h1-4,7-8,10,12,16H,5-6,9H2,(H,21,27)(H,22,24,26). The zero-order valence-electron chi connectivity index (χ0n) is 15.7. The van der Waals surface area contributed by atoms with Crippen LogP contribution in [0.1, 0.15) is 34.8 Å². The summed E-state index contributed by atoms with van der Waals surface area (Å²) in [6.45, 7) is -0.211. The Morgan fingerprint density at radius 3 is 2.77 bits per heavy atom. The zero-order valence-corrected chi connectivity index (χ0v) is 17.3. The minimum atomic E-state index is -0.694. The summed E-state index contributed by atoms with van der Waals surface area (Å²) in [5.74, 6) is -0.869. The predicted molar refractivity (Wildman–Crippen MR) is 113 cm³/mol. The molecular weight excluding hydrogens is 422 g/mol. The van der Waals surface area contributed by atoms with Gasteiger partial charge in [-0.1, -0.05) is 29.5 Å². The molecule has 8 nitrogen and oxygen atoms in total. The number of hydrogen-bond donors (Lipinski definition) is 2. The van der Waals surface area contributed by atoms with Crippen LogP contribution in [-0.4, -0.2) is 45.4 Å². The Morgan fingerprint density at radius 2 is 2.00 bits per heavy atom. The average Bonchev–Trinajstić information content (AvgIpc) is 3.15. The van der Waals surface area contributed by atoms with Gasteiger partial charge in [0.15, 0.2) is 0 Å². The highest BCUT2D eigenvalue weighted by Crippen LogP contribution is 2.41. The predicted octanol–water partition coefficient (Wildman–Crippen LogP) is 2.68. The van der Waals surface area contributed by atoms with Crippen LogP contribution >= 0.6 is 22.7 Å². The second kappa shape index (κ2) is 7.62. The molecule has 0 spiro atoms. The normalized spacial score (nSPS) is 17.7. The number of carbonyl (C=O) groups excluding carboxylic acids is 3. The lowest BCUT2D eigenvalue weighted by atomic mass is 10.0. The number of hydrogen-bond acceptors (Lipinski definition) is 7. The minimum Gasteiger partial charge on any atom is -0.345 e. The molecule has 0 bridgehead atoms. The number of aromatic nitrogens is 2. The van der Waals surface area contributed by atoms with Gasteiger partial charge in [0.25, 0.3) is 5.91 Å². The maximum absolute atomic E-state index is 12.9. The molecule has 1 aliphatic heterocycles. The van der Waals surface area contributed by atoms with Crippen molar-refractivity contribution < 1.29 is 14.4 Å². The molecule has 30 heavy (non-hydrogen) atoms. The summed E-state index contributed by atoms with van der Waals surface area (Å²) >= 11 is 2.83. The van der Waals surface area contributed by atoms with E-state index < -0.39 is 11.9 Å². The average molecular weight is 440 g/mol. The highest BCUT2D eigenvalue weighted by Gasteiger charge is 2.47. The van der Waals surface area contributed by atoms with Gasteiger partial charge < -0.3 is 10.2 Å². The van der Waals surface area contributed by atoms with Crippen molar-refractivity contribution in [2.75, 3.05) is 11.9 Å². The molecule has 5 rings (SSSR count). The molecule has 0 saturated heterocycles. The quantitative estimate of drug-likeness (QED) is 0.615. The Balaban J connectivity index is 1.23. The monoisotopic (exact) mass is 439 g/mol. The van der Waals surface area contributed by atoms with Crippen molar-refractivity contribution in [3.05, 3.63) is 52.2 Å². The van der Waals surface area contributed by atoms with E-state index in [9.17, 15) is 14.4 Å². The van der Waals surface area contributed by atoms with Gasteiger partial charge in [-0.3, -0.25) is 19.7 Å². The van der Waals surface area contributed by atoms with Crippen molar-refractivity contribution in [1.29, 1.82) is 0 Å². The first-order valence-electron chi connectivity index (χ1n) is 9.47. The summed E-state index contributed by atoms with van der Waals surface area (Å²) in [5.41, 5.74) is 2.21. The Kier molecular flexibility index (Phi) is 4.80. The molecule has 0 radical (unpaired) electrons. The molecular formula is C20H17N5O3S2. The van der Waals surface area contributed by atoms with E-state index in [4.69, 9.17) is 0 Å². The molecule has 2 N–H and O–H groups in total. The number of anilines is 1. The Bertz CT molecular complexity index is 1120. The van der Waals surface area contributed by atoms with E-state index in [0.29, 0.717) is 16.3 Å². The number of rotatable bonds is 6. The summed E-state index contributed by atoms with van der Waals surface area (Å²) < 4.78 is 0. The van der Waals surface area contributed by atoms with Gasteiger partial charge in [-0.15, -0.1) is 10.2 Å². The highest BCUT2D eigenvalue weighted by atomic mass is 32.1. The van der Waals surface area contributed by atoms with Crippen LogP contribution in [0.4, 0.5) is 5.13 Å². The third-order valence-corrected chi connectivity index (χ3v) is 6.62. The smallest absolute Gasteiger partial charge is 0.255 e. The maximum Gasteiger partial charge on any atom is 0.255 e. The molecule has 2 aliphatic rings. The van der Waals surface area contributed by atoms with Crippen molar-refractivity contribution >= 4 is 45.5 Å². The van der Waals surface area contributed by atoms with Gasteiger partial charge in [0.2, 0.25) is 16.9 Å². The van der Waals surface area contributed by atoms with Gasteiger partial charge in [0, 0.05) is 22.5 Å². The van der Waals surface area contributed by atoms with E-state index in [1.807, 2.05) is 22.9 Å². The fourth-order valence-electron chi connectivity index (χ4n) is 3.54. The lowest BCUT2D eigenvalue weighted by molar-refractivity contribution is -0.127. The van der Waals surface area contributed by atoms with Crippen molar-refractivity contribution in [3.8, 4) is 10.6 Å². The molecule has 1 unspecified atom stereocenters. The van der Waals surface area contributed by atoms with Gasteiger partial charge in [0.1, 0.15) is 11.0 Å². The highest BCUT2D eigenvalue weighted by molar-refractivity contribution is 7.19. The first-order chi connectivity index (χ1) is 14.6. The van der Waals surface area contributed by atoms with E-state index in [0.717, 1.165) is 23.4 Å².